The Morgan fingerprint density at radius 3 is 2.06 bits per heavy atom. The number of nitrogens with zero attached hydrogens (tertiary/aromatic N) is 2. The predicted molar refractivity (Wildman–Crippen MR) is 55.6 cm³/mol. The van der Waals surface area contributed by atoms with Crippen LogP contribution in [0.15, 0.2) is 24.5 Å². The van der Waals surface area contributed by atoms with Crippen LogP contribution in [0.4, 0.5) is 23.2 Å². The molecule has 2 aromatic rings. The normalized spacial score (nSPS) is 10.4. The molecule has 0 saturated carbocycles. The second-order valence-corrected chi connectivity index (χ2v) is 3.36. The van der Waals surface area contributed by atoms with Crippen LogP contribution in [0.3, 0.4) is 0 Å². The van der Waals surface area contributed by atoms with Crippen LogP contribution in [-0.4, -0.2) is 9.97 Å². The van der Waals surface area contributed by atoms with Crippen LogP contribution >= 0.6 is 0 Å². The number of hydrogen-bond donors (Lipinski definition) is 1. The highest BCUT2D eigenvalue weighted by molar-refractivity contribution is 5.47. The van der Waals surface area contributed by atoms with Gasteiger partial charge in [-0.2, -0.15) is 0 Å². The van der Waals surface area contributed by atoms with E-state index in [0.717, 1.165) is 0 Å². The van der Waals surface area contributed by atoms with Gasteiger partial charge in [0.2, 0.25) is 0 Å². The number of rotatable bonds is 3. The van der Waals surface area contributed by atoms with Gasteiger partial charge in [-0.05, 0) is 6.07 Å². The van der Waals surface area contributed by atoms with Crippen LogP contribution in [0.1, 0.15) is 5.82 Å². The van der Waals surface area contributed by atoms with Gasteiger partial charge in [0.05, 0.1) is 6.54 Å². The Morgan fingerprint density at radius 2 is 1.50 bits per heavy atom. The maximum Gasteiger partial charge on any atom is 0.185 e. The van der Waals surface area contributed by atoms with Gasteiger partial charge in [-0.25, -0.2) is 27.5 Å². The lowest BCUT2D eigenvalue weighted by molar-refractivity contribution is 0.458. The SMILES string of the molecule is Fc1cc(F)c(F)c(NCc2ncccn2)c1F. The zero-order chi connectivity index (χ0) is 13.1. The van der Waals surface area contributed by atoms with Crippen molar-refractivity contribution < 1.29 is 17.6 Å². The summed E-state index contributed by atoms with van der Waals surface area (Å²) in [6.07, 6.45) is 2.87. The minimum absolute atomic E-state index is 0.148. The molecule has 0 atom stereocenters. The minimum atomic E-state index is -1.48. The average molecular weight is 257 g/mol. The second-order valence-electron chi connectivity index (χ2n) is 3.36. The molecule has 2 rings (SSSR count). The molecule has 0 bridgehead atoms. The summed E-state index contributed by atoms with van der Waals surface area (Å²) in [4.78, 5) is 7.58. The molecule has 1 aromatic heterocycles. The van der Waals surface area contributed by atoms with Crippen molar-refractivity contribution in [3.05, 3.63) is 53.6 Å². The average Bonchev–Trinajstić information content (AvgIpc) is 2.38. The Kier molecular flexibility index (Phi) is 3.40. The first-order valence-electron chi connectivity index (χ1n) is 4.92. The van der Waals surface area contributed by atoms with Crippen molar-refractivity contribution in [1.29, 1.82) is 0 Å². The van der Waals surface area contributed by atoms with Gasteiger partial charge >= 0.3 is 0 Å². The zero-order valence-electron chi connectivity index (χ0n) is 8.92. The van der Waals surface area contributed by atoms with Crippen LogP contribution in [0, 0.1) is 23.3 Å². The number of halogens is 4. The van der Waals surface area contributed by atoms with Crippen LogP contribution in [-0.2, 0) is 6.54 Å². The van der Waals surface area contributed by atoms with Gasteiger partial charge in [0, 0.05) is 18.5 Å². The summed E-state index contributed by atoms with van der Waals surface area (Å²) in [6.45, 7) is -0.155. The largest absolute Gasteiger partial charge is 0.373 e. The maximum atomic E-state index is 13.3. The van der Waals surface area contributed by atoms with Crippen LogP contribution in [0.25, 0.3) is 0 Å². The summed E-state index contributed by atoms with van der Waals surface area (Å²) in [6, 6.07) is 1.71. The highest BCUT2D eigenvalue weighted by Gasteiger charge is 2.18. The standard InChI is InChI=1S/C11H7F4N3/c12-6-4-7(13)10(15)11(9(6)14)18-5-8-16-2-1-3-17-8/h1-4,18H,5H2. The van der Waals surface area contributed by atoms with Crippen molar-refractivity contribution >= 4 is 5.69 Å². The van der Waals surface area contributed by atoms with E-state index in [9.17, 15) is 17.6 Å². The van der Waals surface area contributed by atoms with E-state index in [4.69, 9.17) is 0 Å². The third-order valence-corrected chi connectivity index (χ3v) is 2.15. The minimum Gasteiger partial charge on any atom is -0.373 e. The zero-order valence-corrected chi connectivity index (χ0v) is 8.92. The molecule has 0 fully saturated rings. The van der Waals surface area contributed by atoms with Crippen molar-refractivity contribution in [2.75, 3.05) is 5.32 Å². The molecule has 1 heterocycles. The summed E-state index contributed by atoms with van der Waals surface area (Å²) in [5.41, 5.74) is -0.875. The molecule has 0 aliphatic heterocycles. The Morgan fingerprint density at radius 1 is 0.944 bits per heavy atom. The fourth-order valence-corrected chi connectivity index (χ4v) is 1.32. The van der Waals surface area contributed by atoms with Gasteiger partial charge in [-0.15, -0.1) is 0 Å². The van der Waals surface area contributed by atoms with E-state index < -0.39 is 29.0 Å². The smallest absolute Gasteiger partial charge is 0.185 e. The monoisotopic (exact) mass is 257 g/mol. The van der Waals surface area contributed by atoms with E-state index in [2.05, 4.69) is 15.3 Å². The van der Waals surface area contributed by atoms with E-state index in [0.29, 0.717) is 0 Å². The molecule has 1 aromatic carbocycles. The van der Waals surface area contributed by atoms with Gasteiger partial charge in [0.1, 0.15) is 11.5 Å². The van der Waals surface area contributed by atoms with Crippen LogP contribution in [0.2, 0.25) is 0 Å². The first-order chi connectivity index (χ1) is 8.59. The molecule has 0 radical (unpaired) electrons. The summed E-state index contributed by atoms with van der Waals surface area (Å²) in [7, 11) is 0. The van der Waals surface area contributed by atoms with Crippen molar-refractivity contribution in [3.8, 4) is 0 Å². The molecule has 0 aliphatic rings. The predicted octanol–water partition coefficient (Wildman–Crippen LogP) is 2.65. The molecule has 0 aliphatic carbocycles. The summed E-state index contributed by atoms with van der Waals surface area (Å²) in [5, 5.41) is 2.22. The number of benzene rings is 1. The van der Waals surface area contributed by atoms with Gasteiger partial charge in [-0.3, -0.25) is 0 Å². The van der Waals surface area contributed by atoms with Gasteiger partial charge in [0.25, 0.3) is 0 Å². The van der Waals surface area contributed by atoms with Crippen LogP contribution < -0.4 is 5.32 Å². The highest BCUT2D eigenvalue weighted by Crippen LogP contribution is 2.24. The van der Waals surface area contributed by atoms with Gasteiger partial charge < -0.3 is 5.32 Å². The van der Waals surface area contributed by atoms with E-state index in [-0.39, 0.29) is 18.4 Å². The van der Waals surface area contributed by atoms with Crippen molar-refractivity contribution in [2.45, 2.75) is 6.54 Å². The Labute approximate surface area is 99.5 Å². The number of nitrogens with one attached hydrogen (secondary N) is 1. The molecule has 3 nitrogen and oxygen atoms in total. The molecular formula is C11H7F4N3. The van der Waals surface area contributed by atoms with Gasteiger partial charge in [-0.1, -0.05) is 0 Å². The third kappa shape index (κ3) is 2.39. The Hall–Kier alpha value is -2.18. The summed E-state index contributed by atoms with van der Waals surface area (Å²) in [5.74, 6) is -5.66. The maximum absolute atomic E-state index is 13.3. The molecule has 0 spiro atoms. The fraction of sp³-hybridized carbons (Fsp3) is 0.0909. The number of hydrogen-bond acceptors (Lipinski definition) is 3. The lowest BCUT2D eigenvalue weighted by Crippen LogP contribution is -2.09. The number of anilines is 1. The van der Waals surface area contributed by atoms with Crippen molar-refractivity contribution in [3.63, 3.8) is 0 Å². The molecule has 7 heteroatoms. The third-order valence-electron chi connectivity index (χ3n) is 2.15. The van der Waals surface area contributed by atoms with E-state index in [1.165, 1.54) is 12.4 Å². The van der Waals surface area contributed by atoms with Crippen LogP contribution in [0.5, 0.6) is 0 Å². The summed E-state index contributed by atoms with van der Waals surface area (Å²) < 4.78 is 52.3. The lowest BCUT2D eigenvalue weighted by atomic mass is 10.2. The molecule has 0 amide bonds. The molecule has 0 unspecified atom stereocenters. The first kappa shape index (κ1) is 12.3. The Bertz CT molecular complexity index is 534. The van der Waals surface area contributed by atoms with E-state index in [1.54, 1.807) is 6.07 Å². The topological polar surface area (TPSA) is 37.8 Å². The second kappa shape index (κ2) is 4.99. The molecule has 18 heavy (non-hydrogen) atoms. The van der Waals surface area contributed by atoms with E-state index >= 15 is 0 Å². The number of aromatic nitrogens is 2. The quantitative estimate of drug-likeness (QED) is 0.678. The van der Waals surface area contributed by atoms with Crippen molar-refractivity contribution in [1.82, 2.24) is 9.97 Å². The first-order valence-corrected chi connectivity index (χ1v) is 4.92. The lowest BCUT2D eigenvalue weighted by Gasteiger charge is -2.08. The fourth-order valence-electron chi connectivity index (χ4n) is 1.32. The molecule has 94 valence electrons. The van der Waals surface area contributed by atoms with E-state index in [1.807, 2.05) is 0 Å². The van der Waals surface area contributed by atoms with Gasteiger partial charge in [0.15, 0.2) is 23.3 Å². The molecule has 1 N–H and O–H groups in total. The molecule has 0 saturated heterocycles. The summed E-state index contributed by atoms with van der Waals surface area (Å²) >= 11 is 0. The Balaban J connectivity index is 2.24. The highest BCUT2D eigenvalue weighted by atomic mass is 19.2. The molecular weight excluding hydrogens is 250 g/mol. The van der Waals surface area contributed by atoms with Crippen molar-refractivity contribution in [2.24, 2.45) is 0 Å².